The van der Waals surface area contributed by atoms with E-state index in [4.69, 9.17) is 4.74 Å². The first-order valence-corrected chi connectivity index (χ1v) is 9.06. The molecule has 5 nitrogen and oxygen atoms in total. The molecule has 1 amide bonds. The summed E-state index contributed by atoms with van der Waals surface area (Å²) >= 11 is 0. The lowest BCUT2D eigenvalue weighted by molar-refractivity contribution is -0.120. The Hall–Kier alpha value is -2.92. The Balaban J connectivity index is 1.97. The van der Waals surface area contributed by atoms with Crippen LogP contribution in [0, 0.1) is 0 Å². The lowest BCUT2D eigenvalue weighted by Gasteiger charge is -2.09. The van der Waals surface area contributed by atoms with Crippen LogP contribution in [0.4, 0.5) is 0 Å². The number of aromatic nitrogens is 1. The summed E-state index contributed by atoms with van der Waals surface area (Å²) in [7, 11) is 3.53. The molecule has 0 radical (unpaired) electrons. The van der Waals surface area contributed by atoms with Crippen molar-refractivity contribution in [3.63, 3.8) is 0 Å². The molecule has 0 atom stereocenters. The summed E-state index contributed by atoms with van der Waals surface area (Å²) in [4.78, 5) is 16.5. The maximum absolute atomic E-state index is 12.4. The highest BCUT2D eigenvalue weighted by atomic mass is 16.5. The topological polar surface area (TPSA) is 63.2 Å². The number of hydrogen-bond donors (Lipinski definition) is 2. The SMILES string of the molecule is CNCCNC(=O)CC1=C(C)/C(=C/c2ccncc2)c2ccc(OC)cc21. The fourth-order valence-corrected chi connectivity index (χ4v) is 3.29. The summed E-state index contributed by atoms with van der Waals surface area (Å²) in [5.74, 6) is 0.818. The van der Waals surface area contributed by atoms with Crippen LogP contribution in [0.1, 0.15) is 30.0 Å². The van der Waals surface area contributed by atoms with Crippen molar-refractivity contribution in [2.75, 3.05) is 27.2 Å². The Morgan fingerprint density at radius 1 is 1.15 bits per heavy atom. The molecule has 2 N–H and O–H groups in total. The van der Waals surface area contributed by atoms with E-state index in [1.807, 2.05) is 31.3 Å². The number of allylic oxidation sites excluding steroid dienone is 2. The second kappa shape index (κ2) is 8.64. The Morgan fingerprint density at radius 3 is 2.63 bits per heavy atom. The van der Waals surface area contributed by atoms with Crippen LogP contribution in [0.5, 0.6) is 5.75 Å². The Kier molecular flexibility index (Phi) is 6.04. The van der Waals surface area contributed by atoms with Gasteiger partial charge in [0.25, 0.3) is 0 Å². The van der Waals surface area contributed by atoms with E-state index in [0.29, 0.717) is 13.0 Å². The average Bonchev–Trinajstić information content (AvgIpc) is 2.94. The van der Waals surface area contributed by atoms with Gasteiger partial charge in [0.05, 0.1) is 13.5 Å². The highest BCUT2D eigenvalue weighted by Gasteiger charge is 2.25. The van der Waals surface area contributed by atoms with Gasteiger partial charge in [-0.25, -0.2) is 0 Å². The molecule has 140 valence electrons. The molecular formula is C22H25N3O2. The average molecular weight is 363 g/mol. The molecule has 1 aromatic carbocycles. The molecule has 0 saturated carbocycles. The van der Waals surface area contributed by atoms with E-state index in [1.165, 1.54) is 0 Å². The molecule has 0 fully saturated rings. The molecule has 5 heteroatoms. The summed E-state index contributed by atoms with van der Waals surface area (Å²) in [6.07, 6.45) is 6.06. The van der Waals surface area contributed by atoms with E-state index in [9.17, 15) is 4.79 Å². The molecule has 0 unspecified atom stereocenters. The maximum atomic E-state index is 12.4. The van der Waals surface area contributed by atoms with Crippen LogP contribution in [0.25, 0.3) is 17.2 Å². The molecular weight excluding hydrogens is 338 g/mol. The predicted molar refractivity (Wildman–Crippen MR) is 109 cm³/mol. The second-order valence-corrected chi connectivity index (χ2v) is 6.48. The van der Waals surface area contributed by atoms with Crippen molar-refractivity contribution in [1.82, 2.24) is 15.6 Å². The minimum Gasteiger partial charge on any atom is -0.497 e. The number of carbonyl (C=O) groups excluding carboxylic acids is 1. The normalized spacial score (nSPS) is 14.4. The van der Waals surface area contributed by atoms with Gasteiger partial charge < -0.3 is 15.4 Å². The summed E-state index contributed by atoms with van der Waals surface area (Å²) in [5.41, 5.74) is 6.58. The number of rotatable bonds is 7. The van der Waals surface area contributed by atoms with Gasteiger partial charge in [0, 0.05) is 25.5 Å². The molecule has 1 aromatic heterocycles. The van der Waals surface area contributed by atoms with Crippen LogP contribution in [0.3, 0.4) is 0 Å². The number of nitrogens with one attached hydrogen (secondary N) is 2. The number of hydrogen-bond acceptors (Lipinski definition) is 4. The first-order chi connectivity index (χ1) is 13.1. The van der Waals surface area contributed by atoms with Crippen LogP contribution < -0.4 is 15.4 Å². The molecule has 0 bridgehead atoms. The fraction of sp³-hybridized carbons (Fsp3) is 0.273. The van der Waals surface area contributed by atoms with Gasteiger partial charge in [-0.2, -0.15) is 0 Å². The Labute approximate surface area is 160 Å². The number of likely N-dealkylation sites (N-methyl/N-ethyl adjacent to an activating group) is 1. The number of carbonyl (C=O) groups is 1. The fourth-order valence-electron chi connectivity index (χ4n) is 3.29. The summed E-state index contributed by atoms with van der Waals surface area (Å²) in [5, 5.41) is 5.99. The van der Waals surface area contributed by atoms with Crippen LogP contribution in [-0.4, -0.2) is 38.1 Å². The molecule has 27 heavy (non-hydrogen) atoms. The first kappa shape index (κ1) is 18.9. The third-order valence-electron chi connectivity index (χ3n) is 4.75. The van der Waals surface area contributed by atoms with Gasteiger partial charge in [-0.05, 0) is 77.7 Å². The van der Waals surface area contributed by atoms with Gasteiger partial charge in [-0.3, -0.25) is 9.78 Å². The molecule has 0 spiro atoms. The minimum absolute atomic E-state index is 0.0264. The maximum Gasteiger partial charge on any atom is 0.224 e. The highest BCUT2D eigenvalue weighted by molar-refractivity contribution is 6.08. The Morgan fingerprint density at radius 2 is 1.93 bits per heavy atom. The summed E-state index contributed by atoms with van der Waals surface area (Å²) in [6.45, 7) is 3.45. The number of benzene rings is 1. The van der Waals surface area contributed by atoms with Crippen molar-refractivity contribution < 1.29 is 9.53 Å². The van der Waals surface area contributed by atoms with Crippen LogP contribution in [0.15, 0.2) is 48.3 Å². The van der Waals surface area contributed by atoms with E-state index in [2.05, 4.69) is 34.7 Å². The summed E-state index contributed by atoms with van der Waals surface area (Å²) < 4.78 is 5.40. The molecule has 0 saturated heterocycles. The molecule has 1 aliphatic carbocycles. The van der Waals surface area contributed by atoms with Crippen LogP contribution in [0.2, 0.25) is 0 Å². The van der Waals surface area contributed by atoms with E-state index < -0.39 is 0 Å². The van der Waals surface area contributed by atoms with E-state index >= 15 is 0 Å². The highest BCUT2D eigenvalue weighted by Crippen LogP contribution is 2.44. The molecule has 3 rings (SSSR count). The lowest BCUT2D eigenvalue weighted by atomic mass is 10.0. The van der Waals surface area contributed by atoms with Gasteiger partial charge >= 0.3 is 0 Å². The smallest absolute Gasteiger partial charge is 0.224 e. The zero-order chi connectivity index (χ0) is 19.2. The predicted octanol–water partition coefficient (Wildman–Crippen LogP) is 3.14. The quantitative estimate of drug-likeness (QED) is 0.742. The number of ether oxygens (including phenoxy) is 1. The second-order valence-electron chi connectivity index (χ2n) is 6.48. The van der Waals surface area contributed by atoms with Crippen molar-refractivity contribution in [3.05, 3.63) is 65.0 Å². The third-order valence-corrected chi connectivity index (χ3v) is 4.75. The van der Waals surface area contributed by atoms with E-state index in [-0.39, 0.29) is 5.91 Å². The van der Waals surface area contributed by atoms with E-state index in [0.717, 1.165) is 45.7 Å². The van der Waals surface area contributed by atoms with Gasteiger partial charge in [0.2, 0.25) is 5.91 Å². The van der Waals surface area contributed by atoms with Crippen LogP contribution >= 0.6 is 0 Å². The van der Waals surface area contributed by atoms with E-state index in [1.54, 1.807) is 19.5 Å². The standard InChI is InChI=1S/C22H25N3O2/c1-15-19(12-16-6-8-24-9-7-16)18-5-4-17(27-3)13-21(18)20(15)14-22(26)25-11-10-23-2/h4-9,12-13,23H,10-11,14H2,1-3H3,(H,25,26)/b19-12-. The van der Waals surface area contributed by atoms with Crippen molar-refractivity contribution in [1.29, 1.82) is 0 Å². The van der Waals surface area contributed by atoms with Gasteiger partial charge in [-0.15, -0.1) is 0 Å². The van der Waals surface area contributed by atoms with Gasteiger partial charge in [0.15, 0.2) is 0 Å². The van der Waals surface area contributed by atoms with Crippen molar-refractivity contribution in [3.8, 4) is 5.75 Å². The van der Waals surface area contributed by atoms with Gasteiger partial charge in [-0.1, -0.05) is 6.07 Å². The van der Waals surface area contributed by atoms with Crippen molar-refractivity contribution >= 4 is 23.1 Å². The molecule has 0 aliphatic heterocycles. The molecule has 1 aliphatic rings. The third kappa shape index (κ3) is 4.26. The number of fused-ring (bicyclic) bond motifs is 1. The summed E-state index contributed by atoms with van der Waals surface area (Å²) in [6, 6.07) is 10.00. The van der Waals surface area contributed by atoms with Crippen molar-refractivity contribution in [2.45, 2.75) is 13.3 Å². The first-order valence-electron chi connectivity index (χ1n) is 9.06. The number of amides is 1. The number of pyridine rings is 1. The molecule has 1 heterocycles. The molecule has 2 aromatic rings. The number of methoxy groups -OCH3 is 1. The Bertz CT molecular complexity index is 886. The van der Waals surface area contributed by atoms with Crippen LogP contribution in [-0.2, 0) is 4.79 Å². The van der Waals surface area contributed by atoms with Crippen molar-refractivity contribution in [2.24, 2.45) is 0 Å². The van der Waals surface area contributed by atoms with Gasteiger partial charge in [0.1, 0.15) is 5.75 Å². The lowest BCUT2D eigenvalue weighted by Crippen LogP contribution is -2.30. The minimum atomic E-state index is 0.0264. The number of nitrogens with zero attached hydrogens (tertiary/aromatic N) is 1. The monoisotopic (exact) mass is 363 g/mol. The zero-order valence-electron chi connectivity index (χ0n) is 16.0. The zero-order valence-corrected chi connectivity index (χ0v) is 16.0. The largest absolute Gasteiger partial charge is 0.497 e.